The van der Waals surface area contributed by atoms with Gasteiger partial charge in [0.15, 0.2) is 0 Å². The fourth-order valence-electron chi connectivity index (χ4n) is 1.51. The summed E-state index contributed by atoms with van der Waals surface area (Å²) in [6.45, 7) is 4.30. The number of aliphatic hydroxyl groups is 1. The first-order valence-electron chi connectivity index (χ1n) is 5.28. The van der Waals surface area contributed by atoms with Gasteiger partial charge in [-0.1, -0.05) is 25.4 Å². The Bertz CT molecular complexity index is 368. The summed E-state index contributed by atoms with van der Waals surface area (Å²) in [7, 11) is 1.70. The Morgan fingerprint density at radius 2 is 2.06 bits per heavy atom. The molecule has 4 heteroatoms. The summed E-state index contributed by atoms with van der Waals surface area (Å²) in [6, 6.07) is 3.28. The van der Waals surface area contributed by atoms with Gasteiger partial charge >= 0.3 is 0 Å². The lowest BCUT2D eigenvalue weighted by Gasteiger charge is -2.15. The minimum atomic E-state index is -0.874. The smallest absolute Gasteiger partial charge is 0.147 e. The number of halogens is 2. The van der Waals surface area contributed by atoms with Gasteiger partial charge in [-0.3, -0.25) is 0 Å². The summed E-state index contributed by atoms with van der Waals surface area (Å²) in [5, 5.41) is 12.6. The molecule has 1 rings (SSSR count). The van der Waals surface area contributed by atoms with Crippen LogP contribution in [0.3, 0.4) is 0 Å². The highest BCUT2D eigenvalue weighted by Gasteiger charge is 2.17. The molecular formula is C12H17ClFNO. The Balaban J connectivity index is 3.16. The molecule has 1 unspecified atom stereocenters. The third kappa shape index (κ3) is 2.94. The van der Waals surface area contributed by atoms with Gasteiger partial charge in [0.05, 0.1) is 11.1 Å². The number of hydrogen-bond acceptors (Lipinski definition) is 2. The first kappa shape index (κ1) is 13.4. The summed E-state index contributed by atoms with van der Waals surface area (Å²) in [4.78, 5) is 0. The fraction of sp³-hybridized carbons (Fsp3) is 0.500. The molecule has 0 aromatic heterocycles. The zero-order valence-electron chi connectivity index (χ0n) is 9.72. The van der Waals surface area contributed by atoms with Crippen LogP contribution in [0.4, 0.5) is 4.39 Å². The number of hydrogen-bond donors (Lipinski definition) is 2. The second-order valence-corrected chi connectivity index (χ2v) is 4.54. The third-order valence-electron chi connectivity index (χ3n) is 2.50. The molecule has 0 saturated carbocycles. The predicted octanol–water partition coefficient (Wildman–Crippen LogP) is 2.86. The highest BCUT2D eigenvalue weighted by molar-refractivity contribution is 6.30. The van der Waals surface area contributed by atoms with E-state index in [0.29, 0.717) is 6.54 Å². The third-order valence-corrected chi connectivity index (χ3v) is 2.78. The Labute approximate surface area is 100 Å². The number of rotatable bonds is 4. The normalized spacial score (nSPS) is 13.2. The van der Waals surface area contributed by atoms with Crippen LogP contribution in [0.15, 0.2) is 12.1 Å². The van der Waals surface area contributed by atoms with E-state index >= 15 is 0 Å². The molecule has 1 atom stereocenters. The maximum Gasteiger partial charge on any atom is 0.147 e. The van der Waals surface area contributed by atoms with Gasteiger partial charge < -0.3 is 10.4 Å². The van der Waals surface area contributed by atoms with Gasteiger partial charge in [0, 0.05) is 12.1 Å². The molecule has 0 bridgehead atoms. The first-order chi connectivity index (χ1) is 7.47. The fourth-order valence-corrected chi connectivity index (χ4v) is 1.75. The lowest BCUT2D eigenvalue weighted by molar-refractivity contribution is 0.173. The maximum absolute atomic E-state index is 13.7. The van der Waals surface area contributed by atoms with Crippen molar-refractivity contribution in [3.8, 4) is 0 Å². The highest BCUT2D eigenvalue weighted by atomic mass is 35.5. The number of likely N-dealkylation sites (N-methyl/N-ethyl adjacent to an activating group) is 1. The van der Waals surface area contributed by atoms with Crippen molar-refractivity contribution >= 4 is 11.6 Å². The van der Waals surface area contributed by atoms with Crippen LogP contribution >= 0.6 is 11.6 Å². The molecule has 0 heterocycles. The average Bonchev–Trinajstić information content (AvgIpc) is 2.21. The van der Waals surface area contributed by atoms with Crippen LogP contribution in [0.1, 0.15) is 37.0 Å². The van der Waals surface area contributed by atoms with E-state index < -0.39 is 11.9 Å². The van der Waals surface area contributed by atoms with Crippen LogP contribution in [-0.2, 0) is 0 Å². The molecule has 16 heavy (non-hydrogen) atoms. The Hall–Kier alpha value is -0.640. The Morgan fingerprint density at radius 3 is 2.56 bits per heavy atom. The second kappa shape index (κ2) is 5.62. The standard InChI is InChI=1S/C12H17ClFNO/c1-7(2)8-4-9(11(16)6-15-3)12(14)10(13)5-8/h4-5,7,11,15-16H,6H2,1-3H3. The van der Waals surface area contributed by atoms with E-state index in [1.165, 1.54) is 0 Å². The summed E-state index contributed by atoms with van der Waals surface area (Å²) in [5.74, 6) is -0.285. The Morgan fingerprint density at radius 1 is 1.44 bits per heavy atom. The molecule has 2 N–H and O–H groups in total. The van der Waals surface area contributed by atoms with E-state index in [2.05, 4.69) is 5.32 Å². The van der Waals surface area contributed by atoms with Gasteiger partial charge in [0.25, 0.3) is 0 Å². The largest absolute Gasteiger partial charge is 0.387 e. The summed E-state index contributed by atoms with van der Waals surface area (Å²) >= 11 is 5.80. The van der Waals surface area contributed by atoms with Gasteiger partial charge in [-0.05, 0) is 30.7 Å². The van der Waals surface area contributed by atoms with Crippen LogP contribution < -0.4 is 5.32 Å². The van der Waals surface area contributed by atoms with Crippen molar-refractivity contribution < 1.29 is 9.50 Å². The van der Waals surface area contributed by atoms with Crippen LogP contribution in [0.25, 0.3) is 0 Å². The highest BCUT2D eigenvalue weighted by Crippen LogP contribution is 2.28. The zero-order valence-corrected chi connectivity index (χ0v) is 10.5. The van der Waals surface area contributed by atoms with Crippen LogP contribution in [0.2, 0.25) is 5.02 Å². The molecule has 1 aromatic rings. The minimum absolute atomic E-state index is 0.0661. The molecule has 1 aromatic carbocycles. The zero-order chi connectivity index (χ0) is 12.3. The molecule has 0 aliphatic rings. The quantitative estimate of drug-likeness (QED) is 0.855. The van der Waals surface area contributed by atoms with Gasteiger partial charge in [0.2, 0.25) is 0 Å². The van der Waals surface area contributed by atoms with Crippen molar-refractivity contribution in [2.24, 2.45) is 0 Å². The molecule has 0 aliphatic carbocycles. The molecule has 0 radical (unpaired) electrons. The van der Waals surface area contributed by atoms with Crippen molar-refractivity contribution in [2.45, 2.75) is 25.9 Å². The van der Waals surface area contributed by atoms with Crippen LogP contribution in [-0.4, -0.2) is 18.7 Å². The SMILES string of the molecule is CNCC(O)c1cc(C(C)C)cc(Cl)c1F. The van der Waals surface area contributed by atoms with Crippen LogP contribution in [0, 0.1) is 5.82 Å². The van der Waals surface area contributed by atoms with E-state index in [0.717, 1.165) is 5.56 Å². The number of benzene rings is 1. The maximum atomic E-state index is 13.7. The molecule has 2 nitrogen and oxygen atoms in total. The molecule has 0 amide bonds. The number of aliphatic hydroxyl groups excluding tert-OH is 1. The van der Waals surface area contributed by atoms with Gasteiger partial charge in [-0.15, -0.1) is 0 Å². The summed E-state index contributed by atoms with van der Waals surface area (Å²) < 4.78 is 13.7. The van der Waals surface area contributed by atoms with Gasteiger partial charge in [-0.2, -0.15) is 0 Å². The molecule has 0 saturated heterocycles. The van der Waals surface area contributed by atoms with Gasteiger partial charge in [0.1, 0.15) is 5.82 Å². The van der Waals surface area contributed by atoms with Crippen molar-refractivity contribution in [3.05, 3.63) is 34.1 Å². The van der Waals surface area contributed by atoms with E-state index in [1.54, 1.807) is 19.2 Å². The van der Waals surface area contributed by atoms with Gasteiger partial charge in [-0.25, -0.2) is 4.39 Å². The average molecular weight is 246 g/mol. The molecule has 90 valence electrons. The summed E-state index contributed by atoms with van der Waals surface area (Å²) in [5.41, 5.74) is 1.18. The van der Waals surface area contributed by atoms with E-state index in [9.17, 15) is 9.50 Å². The van der Waals surface area contributed by atoms with E-state index in [-0.39, 0.29) is 16.5 Å². The summed E-state index contributed by atoms with van der Waals surface area (Å²) in [6.07, 6.45) is -0.874. The predicted molar refractivity (Wildman–Crippen MR) is 64.4 cm³/mol. The topological polar surface area (TPSA) is 32.3 Å². The monoisotopic (exact) mass is 245 g/mol. The van der Waals surface area contributed by atoms with Crippen molar-refractivity contribution in [3.63, 3.8) is 0 Å². The van der Waals surface area contributed by atoms with Crippen molar-refractivity contribution in [1.29, 1.82) is 0 Å². The first-order valence-corrected chi connectivity index (χ1v) is 5.66. The molecule has 0 fully saturated rings. The van der Waals surface area contributed by atoms with Crippen LogP contribution in [0.5, 0.6) is 0 Å². The Kier molecular flexibility index (Phi) is 4.71. The van der Waals surface area contributed by atoms with Crippen molar-refractivity contribution in [2.75, 3.05) is 13.6 Å². The lowest BCUT2D eigenvalue weighted by Crippen LogP contribution is -2.18. The lowest BCUT2D eigenvalue weighted by atomic mass is 9.98. The van der Waals surface area contributed by atoms with E-state index in [1.807, 2.05) is 13.8 Å². The van der Waals surface area contributed by atoms with Crippen molar-refractivity contribution in [1.82, 2.24) is 5.32 Å². The molecular weight excluding hydrogens is 229 g/mol. The minimum Gasteiger partial charge on any atom is -0.387 e. The number of nitrogens with one attached hydrogen (secondary N) is 1. The van der Waals surface area contributed by atoms with E-state index in [4.69, 9.17) is 11.6 Å². The molecule has 0 spiro atoms. The molecule has 0 aliphatic heterocycles. The second-order valence-electron chi connectivity index (χ2n) is 4.13.